The van der Waals surface area contributed by atoms with Gasteiger partial charge in [-0.2, -0.15) is 0 Å². The number of nitrogens with zero attached hydrogens (tertiary/aromatic N) is 1. The van der Waals surface area contributed by atoms with Gasteiger partial charge in [0.05, 0.1) is 11.7 Å². The van der Waals surface area contributed by atoms with E-state index in [-0.39, 0.29) is 11.9 Å². The van der Waals surface area contributed by atoms with Crippen molar-refractivity contribution >= 4 is 43.5 Å². The van der Waals surface area contributed by atoms with Gasteiger partial charge in [0.25, 0.3) is 0 Å². The number of hydrogen-bond acceptors (Lipinski definition) is 2. The van der Waals surface area contributed by atoms with E-state index in [1.807, 2.05) is 13.0 Å². The number of likely N-dealkylation sites (N-methyl/N-ethyl adjacent to an activating group) is 1. The molecule has 1 unspecified atom stereocenters. The van der Waals surface area contributed by atoms with Crippen molar-refractivity contribution in [3.8, 4) is 0 Å². The highest BCUT2D eigenvalue weighted by molar-refractivity contribution is 9.11. The SMILES string of the molecule is CCNC(Cc1ccc(Cl)cc1F)c1ncc(Br)cc1Br. The quantitative estimate of drug-likeness (QED) is 0.689. The van der Waals surface area contributed by atoms with Crippen molar-refractivity contribution < 1.29 is 4.39 Å². The maximum absolute atomic E-state index is 14.0. The fraction of sp³-hybridized carbons (Fsp3) is 0.267. The lowest BCUT2D eigenvalue weighted by molar-refractivity contribution is 0.516. The molecule has 0 saturated carbocycles. The van der Waals surface area contributed by atoms with Crippen LogP contribution in [-0.4, -0.2) is 11.5 Å². The van der Waals surface area contributed by atoms with E-state index < -0.39 is 0 Å². The molecular weight excluding hydrogens is 422 g/mol. The zero-order chi connectivity index (χ0) is 15.4. The third kappa shape index (κ3) is 4.49. The number of rotatable bonds is 5. The molecule has 1 heterocycles. The van der Waals surface area contributed by atoms with E-state index in [0.29, 0.717) is 17.0 Å². The van der Waals surface area contributed by atoms with Crippen molar-refractivity contribution in [3.05, 3.63) is 61.5 Å². The first-order valence-corrected chi connectivity index (χ1v) is 8.46. The topological polar surface area (TPSA) is 24.9 Å². The average Bonchev–Trinajstić information content (AvgIpc) is 2.41. The van der Waals surface area contributed by atoms with Crippen molar-refractivity contribution in [2.75, 3.05) is 6.54 Å². The smallest absolute Gasteiger partial charge is 0.127 e. The Labute approximate surface area is 145 Å². The maximum Gasteiger partial charge on any atom is 0.127 e. The van der Waals surface area contributed by atoms with Gasteiger partial charge in [0.1, 0.15) is 5.82 Å². The first-order chi connectivity index (χ1) is 10.0. The highest BCUT2D eigenvalue weighted by Gasteiger charge is 2.18. The minimum atomic E-state index is -0.293. The summed E-state index contributed by atoms with van der Waals surface area (Å²) >= 11 is 12.7. The number of aromatic nitrogens is 1. The Morgan fingerprint density at radius 2 is 2.10 bits per heavy atom. The minimum Gasteiger partial charge on any atom is -0.309 e. The Kier molecular flexibility index (Phi) is 6.17. The lowest BCUT2D eigenvalue weighted by Gasteiger charge is -2.19. The molecule has 0 aliphatic carbocycles. The van der Waals surface area contributed by atoms with Crippen molar-refractivity contribution in [1.82, 2.24) is 10.3 Å². The molecule has 2 rings (SSSR count). The van der Waals surface area contributed by atoms with Gasteiger partial charge < -0.3 is 5.32 Å². The molecule has 21 heavy (non-hydrogen) atoms. The van der Waals surface area contributed by atoms with Crippen LogP contribution in [0.2, 0.25) is 5.02 Å². The lowest BCUT2D eigenvalue weighted by Crippen LogP contribution is -2.24. The predicted octanol–water partition coefficient (Wildman–Crippen LogP) is 5.29. The summed E-state index contributed by atoms with van der Waals surface area (Å²) in [6.07, 6.45) is 2.24. The summed E-state index contributed by atoms with van der Waals surface area (Å²) in [5, 5.41) is 3.74. The summed E-state index contributed by atoms with van der Waals surface area (Å²) in [7, 11) is 0. The van der Waals surface area contributed by atoms with Crippen LogP contribution in [-0.2, 0) is 6.42 Å². The first-order valence-electron chi connectivity index (χ1n) is 6.49. The Hall–Kier alpha value is -0.490. The number of nitrogens with one attached hydrogen (secondary N) is 1. The van der Waals surface area contributed by atoms with E-state index in [0.717, 1.165) is 21.2 Å². The van der Waals surface area contributed by atoms with Gasteiger partial charge in [0, 0.05) is 20.2 Å². The van der Waals surface area contributed by atoms with Crippen LogP contribution in [0.4, 0.5) is 4.39 Å². The number of halogens is 4. The summed E-state index contributed by atoms with van der Waals surface area (Å²) < 4.78 is 15.8. The summed E-state index contributed by atoms with van der Waals surface area (Å²) in [6, 6.07) is 6.62. The van der Waals surface area contributed by atoms with Gasteiger partial charge in [-0.1, -0.05) is 24.6 Å². The van der Waals surface area contributed by atoms with E-state index in [4.69, 9.17) is 11.6 Å². The van der Waals surface area contributed by atoms with E-state index >= 15 is 0 Å². The van der Waals surface area contributed by atoms with E-state index in [1.54, 1.807) is 18.3 Å². The third-order valence-corrected chi connectivity index (χ3v) is 4.36. The monoisotopic (exact) mass is 434 g/mol. The van der Waals surface area contributed by atoms with Crippen LogP contribution in [0.25, 0.3) is 0 Å². The van der Waals surface area contributed by atoms with E-state index in [2.05, 4.69) is 42.2 Å². The average molecular weight is 437 g/mol. The molecular formula is C15H14Br2ClFN2. The van der Waals surface area contributed by atoms with Gasteiger partial charge in [-0.05, 0) is 68.6 Å². The van der Waals surface area contributed by atoms with Crippen molar-refractivity contribution in [1.29, 1.82) is 0 Å². The number of hydrogen-bond donors (Lipinski definition) is 1. The van der Waals surface area contributed by atoms with Gasteiger partial charge in [-0.25, -0.2) is 4.39 Å². The molecule has 0 radical (unpaired) electrons. The first kappa shape index (κ1) is 16.9. The van der Waals surface area contributed by atoms with Gasteiger partial charge in [0.15, 0.2) is 0 Å². The molecule has 2 aromatic rings. The molecule has 0 bridgehead atoms. The van der Waals surface area contributed by atoms with Crippen molar-refractivity contribution in [3.63, 3.8) is 0 Å². The second-order valence-electron chi connectivity index (χ2n) is 4.57. The molecule has 0 aliphatic rings. The lowest BCUT2D eigenvalue weighted by atomic mass is 10.0. The molecule has 1 atom stereocenters. The Bertz CT molecular complexity index is 637. The molecule has 112 valence electrons. The Balaban J connectivity index is 2.30. The highest BCUT2D eigenvalue weighted by atomic mass is 79.9. The zero-order valence-electron chi connectivity index (χ0n) is 11.3. The fourth-order valence-corrected chi connectivity index (χ4v) is 3.52. The van der Waals surface area contributed by atoms with Crippen molar-refractivity contribution in [2.24, 2.45) is 0 Å². The fourth-order valence-electron chi connectivity index (χ4n) is 2.10. The molecule has 0 amide bonds. The molecule has 0 spiro atoms. The van der Waals surface area contributed by atoms with Gasteiger partial charge in [-0.15, -0.1) is 0 Å². The van der Waals surface area contributed by atoms with Crippen LogP contribution < -0.4 is 5.32 Å². The molecule has 0 saturated heterocycles. The largest absolute Gasteiger partial charge is 0.309 e. The van der Waals surface area contributed by atoms with Crippen LogP contribution >= 0.6 is 43.5 Å². The molecule has 6 heteroatoms. The van der Waals surface area contributed by atoms with Gasteiger partial charge in [-0.3, -0.25) is 4.98 Å². The van der Waals surface area contributed by atoms with Gasteiger partial charge >= 0.3 is 0 Å². The second-order valence-corrected chi connectivity index (χ2v) is 6.78. The summed E-state index contributed by atoms with van der Waals surface area (Å²) in [6.45, 7) is 2.78. The summed E-state index contributed by atoms with van der Waals surface area (Å²) in [5.74, 6) is -0.293. The second kappa shape index (κ2) is 7.68. The van der Waals surface area contributed by atoms with Gasteiger partial charge in [0.2, 0.25) is 0 Å². The number of pyridine rings is 1. The van der Waals surface area contributed by atoms with Crippen LogP contribution in [0, 0.1) is 5.82 Å². The standard InChI is InChI=1S/C15H14Br2ClFN2/c1-2-20-14(15-12(17)6-10(16)8-21-15)5-9-3-4-11(18)7-13(9)19/h3-4,6-8,14,20H,2,5H2,1H3. The molecule has 1 aromatic heterocycles. The van der Waals surface area contributed by atoms with E-state index in [9.17, 15) is 4.39 Å². The van der Waals surface area contributed by atoms with E-state index in [1.165, 1.54) is 6.07 Å². The highest BCUT2D eigenvalue weighted by Crippen LogP contribution is 2.28. The van der Waals surface area contributed by atoms with Crippen LogP contribution in [0.15, 0.2) is 39.4 Å². The van der Waals surface area contributed by atoms with Crippen LogP contribution in [0.5, 0.6) is 0 Å². The molecule has 1 N–H and O–H groups in total. The normalized spacial score (nSPS) is 12.4. The van der Waals surface area contributed by atoms with Crippen LogP contribution in [0.3, 0.4) is 0 Å². The zero-order valence-corrected chi connectivity index (χ0v) is 15.3. The van der Waals surface area contributed by atoms with Crippen molar-refractivity contribution in [2.45, 2.75) is 19.4 Å². The maximum atomic E-state index is 14.0. The minimum absolute atomic E-state index is 0.0758. The molecule has 2 nitrogen and oxygen atoms in total. The van der Waals surface area contributed by atoms with Crippen LogP contribution in [0.1, 0.15) is 24.2 Å². The number of benzene rings is 1. The third-order valence-electron chi connectivity index (χ3n) is 3.06. The Morgan fingerprint density at radius 1 is 1.33 bits per heavy atom. The molecule has 0 fully saturated rings. The Morgan fingerprint density at radius 3 is 2.71 bits per heavy atom. The molecule has 1 aromatic carbocycles. The summed E-state index contributed by atoms with van der Waals surface area (Å²) in [5.41, 5.74) is 1.47. The summed E-state index contributed by atoms with van der Waals surface area (Å²) in [4.78, 5) is 4.44. The molecule has 0 aliphatic heterocycles. The predicted molar refractivity (Wildman–Crippen MR) is 91.2 cm³/mol.